The molecular formula is C47H34. The first-order chi connectivity index (χ1) is 23.0. The fourth-order valence-corrected chi connectivity index (χ4v) is 8.86. The van der Waals surface area contributed by atoms with Crippen LogP contribution in [-0.2, 0) is 5.41 Å². The molecule has 0 bridgehead atoms. The molecule has 0 saturated carbocycles. The second kappa shape index (κ2) is 9.53. The van der Waals surface area contributed by atoms with Gasteiger partial charge < -0.3 is 0 Å². The molecule has 2 aliphatic rings. The van der Waals surface area contributed by atoms with Gasteiger partial charge >= 0.3 is 0 Å². The quantitative estimate of drug-likeness (QED) is 0.137. The second-order valence-electron chi connectivity index (χ2n) is 14.1. The van der Waals surface area contributed by atoms with E-state index in [-0.39, 0.29) is 5.41 Å². The summed E-state index contributed by atoms with van der Waals surface area (Å²) < 4.78 is 0. The molecule has 0 radical (unpaired) electrons. The molecule has 0 aliphatic heterocycles. The van der Waals surface area contributed by atoms with Crippen LogP contribution in [0.3, 0.4) is 0 Å². The van der Waals surface area contributed by atoms with Crippen molar-refractivity contribution in [1.29, 1.82) is 0 Å². The molecule has 1 unspecified atom stereocenters. The lowest BCUT2D eigenvalue weighted by Crippen LogP contribution is -2.15. The summed E-state index contributed by atoms with van der Waals surface area (Å²) in [5, 5.41) is 13.0. The number of benzene rings is 8. The van der Waals surface area contributed by atoms with E-state index in [1.54, 1.807) is 0 Å². The average molecular weight is 599 g/mol. The van der Waals surface area contributed by atoms with Gasteiger partial charge in [-0.25, -0.2) is 0 Å². The van der Waals surface area contributed by atoms with E-state index in [1.807, 2.05) is 0 Å². The van der Waals surface area contributed by atoms with E-state index in [0.717, 1.165) is 0 Å². The summed E-state index contributed by atoms with van der Waals surface area (Å²) in [7, 11) is 0. The van der Waals surface area contributed by atoms with Crippen LogP contribution in [0.25, 0.3) is 81.7 Å². The maximum atomic E-state index is 2.49. The van der Waals surface area contributed by atoms with E-state index < -0.39 is 0 Å². The number of hydrogen-bond donors (Lipinski definition) is 0. The molecule has 47 heavy (non-hydrogen) atoms. The lowest BCUT2D eigenvalue weighted by atomic mass is 9.80. The van der Waals surface area contributed by atoms with Crippen LogP contribution in [0, 0.1) is 5.92 Å². The van der Waals surface area contributed by atoms with Crippen molar-refractivity contribution in [2.24, 2.45) is 5.92 Å². The molecule has 0 nitrogen and oxygen atoms in total. The van der Waals surface area contributed by atoms with Gasteiger partial charge in [0.05, 0.1) is 0 Å². The van der Waals surface area contributed by atoms with Crippen molar-refractivity contribution < 1.29 is 0 Å². The third-order valence-electron chi connectivity index (χ3n) is 11.0. The van der Waals surface area contributed by atoms with Gasteiger partial charge in [0.2, 0.25) is 0 Å². The van der Waals surface area contributed by atoms with Gasteiger partial charge in [-0.3, -0.25) is 0 Å². The predicted molar refractivity (Wildman–Crippen MR) is 203 cm³/mol. The van der Waals surface area contributed by atoms with Crippen LogP contribution in [0.15, 0.2) is 151 Å². The van der Waals surface area contributed by atoms with Gasteiger partial charge in [-0.2, -0.15) is 0 Å². The first-order valence-corrected chi connectivity index (χ1v) is 16.9. The fraction of sp³-hybridized carbons (Fsp3) is 0.106. The van der Waals surface area contributed by atoms with Crippen molar-refractivity contribution in [3.63, 3.8) is 0 Å². The van der Waals surface area contributed by atoms with Crippen molar-refractivity contribution in [1.82, 2.24) is 0 Å². The fourth-order valence-electron chi connectivity index (χ4n) is 8.86. The summed E-state index contributed by atoms with van der Waals surface area (Å²) in [6.07, 6.45) is 4.90. The molecule has 222 valence electrons. The Bertz CT molecular complexity index is 2650. The van der Waals surface area contributed by atoms with E-state index in [1.165, 1.54) is 98.4 Å². The Hall–Kier alpha value is -5.46. The highest BCUT2D eigenvalue weighted by molar-refractivity contribution is 6.24. The highest BCUT2D eigenvalue weighted by Gasteiger charge is 2.40. The predicted octanol–water partition coefficient (Wildman–Crippen LogP) is 13.0. The molecule has 10 rings (SSSR count). The maximum absolute atomic E-state index is 2.49. The van der Waals surface area contributed by atoms with Crippen LogP contribution in [0.2, 0.25) is 0 Å². The molecular weight excluding hydrogens is 565 g/mol. The Morgan fingerprint density at radius 1 is 0.468 bits per heavy atom. The molecule has 1 atom stereocenters. The van der Waals surface area contributed by atoms with E-state index in [2.05, 4.69) is 166 Å². The lowest BCUT2D eigenvalue weighted by Gasteiger charge is -2.23. The molecule has 8 aromatic carbocycles. The number of rotatable bonds is 2. The Balaban J connectivity index is 1.26. The third kappa shape index (κ3) is 3.70. The molecule has 2 aliphatic carbocycles. The maximum Gasteiger partial charge on any atom is 0.0156 e. The van der Waals surface area contributed by atoms with Gasteiger partial charge in [0, 0.05) is 5.41 Å². The zero-order valence-corrected chi connectivity index (χ0v) is 26.9. The van der Waals surface area contributed by atoms with E-state index in [0.29, 0.717) is 5.92 Å². The summed E-state index contributed by atoms with van der Waals surface area (Å²) in [5.74, 6) is 0.499. The summed E-state index contributed by atoms with van der Waals surface area (Å²) in [5.41, 5.74) is 10.9. The van der Waals surface area contributed by atoms with Crippen LogP contribution < -0.4 is 0 Å². The Labute approximate surface area is 275 Å². The monoisotopic (exact) mass is 598 g/mol. The lowest BCUT2D eigenvalue weighted by molar-refractivity contribution is 0.657. The van der Waals surface area contributed by atoms with Gasteiger partial charge in [0.1, 0.15) is 0 Å². The Morgan fingerprint density at radius 3 is 1.64 bits per heavy atom. The standard InChI is InChI=1S/C47H34/c1-28-24-41-35-23-22-33(27-43(35)47(2,3)42(41)25-28)46-38-14-8-6-12-36(38)45(37-13-7-9-15-39(37)46)32-21-18-30-17-20-31-19-16-29-10-4-5-11-34(29)44(31)40(30)26-32/h4-28H,1-3H3. The van der Waals surface area contributed by atoms with Crippen molar-refractivity contribution in [2.75, 3.05) is 0 Å². The van der Waals surface area contributed by atoms with Gasteiger partial charge in [-0.15, -0.1) is 0 Å². The smallest absolute Gasteiger partial charge is 0.0156 e. The van der Waals surface area contributed by atoms with Gasteiger partial charge in [0.15, 0.2) is 0 Å². The zero-order valence-electron chi connectivity index (χ0n) is 26.9. The molecule has 0 aromatic heterocycles. The molecule has 0 fully saturated rings. The highest BCUT2D eigenvalue weighted by Crippen LogP contribution is 2.54. The first kappa shape index (κ1) is 26.7. The SMILES string of the molecule is CC1C=C2C(=C1)C(C)(C)c1cc(-c3c4ccccc4c(-c4ccc5ccc6ccc7ccccc7c6c5c4)c4ccccc34)ccc12. The minimum Gasteiger partial charge on any atom is -0.0732 e. The summed E-state index contributed by atoms with van der Waals surface area (Å²) in [6, 6.07) is 50.2. The summed E-state index contributed by atoms with van der Waals surface area (Å²) in [4.78, 5) is 0. The van der Waals surface area contributed by atoms with Crippen molar-refractivity contribution in [3.8, 4) is 22.3 Å². The van der Waals surface area contributed by atoms with Crippen molar-refractivity contribution in [3.05, 3.63) is 162 Å². The number of allylic oxidation sites excluding steroid dienone is 4. The minimum atomic E-state index is -0.00841. The molecule has 0 heterocycles. The third-order valence-corrected chi connectivity index (χ3v) is 11.0. The van der Waals surface area contributed by atoms with Gasteiger partial charge in [-0.1, -0.05) is 154 Å². The Morgan fingerprint density at radius 2 is 0.979 bits per heavy atom. The van der Waals surface area contributed by atoms with Crippen LogP contribution in [0.4, 0.5) is 0 Å². The minimum absolute atomic E-state index is 0.00841. The summed E-state index contributed by atoms with van der Waals surface area (Å²) in [6.45, 7) is 7.08. The van der Waals surface area contributed by atoms with Crippen LogP contribution in [0.1, 0.15) is 31.9 Å². The van der Waals surface area contributed by atoms with Gasteiger partial charge in [-0.05, 0) is 116 Å². The molecule has 0 spiro atoms. The van der Waals surface area contributed by atoms with Crippen LogP contribution >= 0.6 is 0 Å². The number of fused-ring (bicyclic) bond motifs is 10. The topological polar surface area (TPSA) is 0 Å². The molecule has 0 amide bonds. The molecule has 8 aromatic rings. The molecule has 0 heteroatoms. The normalized spacial score (nSPS) is 16.6. The summed E-state index contributed by atoms with van der Waals surface area (Å²) >= 11 is 0. The molecule has 0 N–H and O–H groups in total. The zero-order chi connectivity index (χ0) is 31.4. The van der Waals surface area contributed by atoms with E-state index >= 15 is 0 Å². The second-order valence-corrected chi connectivity index (χ2v) is 14.1. The van der Waals surface area contributed by atoms with Crippen LogP contribution in [-0.4, -0.2) is 0 Å². The first-order valence-electron chi connectivity index (χ1n) is 16.9. The van der Waals surface area contributed by atoms with Crippen molar-refractivity contribution >= 4 is 59.4 Å². The van der Waals surface area contributed by atoms with E-state index in [9.17, 15) is 0 Å². The highest BCUT2D eigenvalue weighted by atomic mass is 14.4. The largest absolute Gasteiger partial charge is 0.0732 e. The molecule has 0 saturated heterocycles. The average Bonchev–Trinajstić information content (AvgIpc) is 3.60. The van der Waals surface area contributed by atoms with E-state index in [4.69, 9.17) is 0 Å². The van der Waals surface area contributed by atoms with Gasteiger partial charge in [0.25, 0.3) is 0 Å². The number of hydrogen-bond acceptors (Lipinski definition) is 0. The van der Waals surface area contributed by atoms with Crippen LogP contribution in [0.5, 0.6) is 0 Å². The van der Waals surface area contributed by atoms with Crippen molar-refractivity contribution in [2.45, 2.75) is 26.2 Å². The Kier molecular flexibility index (Phi) is 5.42.